The summed E-state index contributed by atoms with van der Waals surface area (Å²) in [6.07, 6.45) is 0. The summed E-state index contributed by atoms with van der Waals surface area (Å²) in [6.45, 7) is 8.41. The summed E-state index contributed by atoms with van der Waals surface area (Å²) in [6, 6.07) is 25.0. The van der Waals surface area contributed by atoms with Crippen LogP contribution in [0.5, 0.6) is 0 Å². The first-order valence-electron chi connectivity index (χ1n) is 10.8. The fourth-order valence-corrected chi connectivity index (χ4v) is 3.94. The van der Waals surface area contributed by atoms with Crippen LogP contribution in [0.25, 0.3) is 5.57 Å². The van der Waals surface area contributed by atoms with Gasteiger partial charge in [-0.05, 0) is 47.7 Å². The fourth-order valence-electron chi connectivity index (χ4n) is 3.94. The zero-order chi connectivity index (χ0) is 23.0. The van der Waals surface area contributed by atoms with Gasteiger partial charge in [0.1, 0.15) is 5.70 Å². The SMILES string of the molecule is Cc1ccc(C2=C(N(C)c3ccccc3)C(=O)N(c3ccc(C(C)(C)C)cc3)C2=O)cc1. The Kier molecular flexibility index (Phi) is 5.47. The van der Waals surface area contributed by atoms with Crippen LogP contribution in [0.4, 0.5) is 11.4 Å². The zero-order valence-electron chi connectivity index (χ0n) is 19.2. The van der Waals surface area contributed by atoms with Crippen molar-refractivity contribution in [2.45, 2.75) is 33.1 Å². The van der Waals surface area contributed by atoms with Crippen LogP contribution in [0.1, 0.15) is 37.5 Å². The molecular formula is C28H28N2O2. The molecule has 1 aliphatic heterocycles. The molecule has 0 radical (unpaired) electrons. The first-order chi connectivity index (χ1) is 15.2. The van der Waals surface area contributed by atoms with Crippen LogP contribution >= 0.6 is 0 Å². The molecule has 162 valence electrons. The lowest BCUT2D eigenvalue weighted by Gasteiger charge is -2.23. The number of likely N-dealkylation sites (N-methyl/N-ethyl adjacent to an activating group) is 1. The number of rotatable bonds is 4. The van der Waals surface area contributed by atoms with Gasteiger partial charge in [-0.15, -0.1) is 0 Å². The molecule has 0 atom stereocenters. The summed E-state index contributed by atoms with van der Waals surface area (Å²) < 4.78 is 0. The van der Waals surface area contributed by atoms with E-state index in [0.717, 1.165) is 22.4 Å². The van der Waals surface area contributed by atoms with Crippen LogP contribution in [0.15, 0.2) is 84.6 Å². The van der Waals surface area contributed by atoms with E-state index >= 15 is 0 Å². The number of amides is 2. The van der Waals surface area contributed by atoms with Crippen LogP contribution in [0.2, 0.25) is 0 Å². The number of carbonyl (C=O) groups excluding carboxylic acids is 2. The van der Waals surface area contributed by atoms with E-state index in [1.165, 1.54) is 4.90 Å². The van der Waals surface area contributed by atoms with Gasteiger partial charge in [-0.2, -0.15) is 0 Å². The summed E-state index contributed by atoms with van der Waals surface area (Å²) in [5, 5.41) is 0. The Labute approximate surface area is 189 Å². The summed E-state index contributed by atoms with van der Waals surface area (Å²) >= 11 is 0. The van der Waals surface area contributed by atoms with Crippen molar-refractivity contribution in [1.82, 2.24) is 0 Å². The molecule has 0 bridgehead atoms. The second-order valence-corrected chi connectivity index (χ2v) is 9.23. The predicted molar refractivity (Wildman–Crippen MR) is 131 cm³/mol. The molecule has 0 unspecified atom stereocenters. The average molecular weight is 425 g/mol. The Bertz CT molecular complexity index is 1180. The number of hydrogen-bond acceptors (Lipinski definition) is 3. The van der Waals surface area contributed by atoms with E-state index in [-0.39, 0.29) is 17.2 Å². The standard InChI is InChI=1S/C28H28N2O2/c1-19-11-13-20(14-12-19)24-25(29(5)22-9-7-6-8-10-22)27(32)30(26(24)31)23-17-15-21(16-18-23)28(2,3)4/h6-18H,1-5H3. The second-order valence-electron chi connectivity index (χ2n) is 9.23. The first kappa shape index (κ1) is 21.6. The number of benzene rings is 3. The molecule has 0 N–H and O–H groups in total. The molecular weight excluding hydrogens is 396 g/mol. The molecule has 4 rings (SSSR count). The Balaban J connectivity index is 1.82. The Morgan fingerprint density at radius 1 is 0.750 bits per heavy atom. The highest BCUT2D eigenvalue weighted by Gasteiger charge is 2.42. The minimum atomic E-state index is -0.319. The van der Waals surface area contributed by atoms with Crippen molar-refractivity contribution in [3.8, 4) is 0 Å². The van der Waals surface area contributed by atoms with Crippen LogP contribution in [-0.2, 0) is 15.0 Å². The van der Waals surface area contributed by atoms with Crippen molar-refractivity contribution >= 4 is 28.8 Å². The van der Waals surface area contributed by atoms with Gasteiger partial charge in [0.15, 0.2) is 0 Å². The second kappa shape index (κ2) is 8.12. The molecule has 0 saturated carbocycles. The van der Waals surface area contributed by atoms with E-state index < -0.39 is 0 Å². The van der Waals surface area contributed by atoms with E-state index in [1.807, 2.05) is 92.8 Å². The maximum absolute atomic E-state index is 13.7. The zero-order valence-corrected chi connectivity index (χ0v) is 19.2. The van der Waals surface area contributed by atoms with Gasteiger partial charge in [-0.25, -0.2) is 4.90 Å². The number of imide groups is 1. The van der Waals surface area contributed by atoms with Gasteiger partial charge in [0.25, 0.3) is 11.8 Å². The lowest BCUT2D eigenvalue weighted by Crippen LogP contribution is -2.34. The molecule has 1 aliphatic rings. The van der Waals surface area contributed by atoms with Crippen molar-refractivity contribution in [2.24, 2.45) is 0 Å². The number of aryl methyl sites for hydroxylation is 1. The van der Waals surface area contributed by atoms with Crippen molar-refractivity contribution < 1.29 is 9.59 Å². The van der Waals surface area contributed by atoms with Crippen molar-refractivity contribution in [3.05, 3.63) is 101 Å². The third-order valence-corrected chi connectivity index (χ3v) is 5.87. The largest absolute Gasteiger partial charge is 0.339 e. The summed E-state index contributed by atoms with van der Waals surface area (Å²) in [7, 11) is 1.83. The molecule has 0 saturated heterocycles. The summed E-state index contributed by atoms with van der Waals surface area (Å²) in [5.41, 5.74) is 5.19. The van der Waals surface area contributed by atoms with E-state index in [2.05, 4.69) is 20.8 Å². The maximum atomic E-state index is 13.7. The molecule has 1 heterocycles. The lowest BCUT2D eigenvalue weighted by atomic mass is 9.87. The first-order valence-corrected chi connectivity index (χ1v) is 10.8. The monoisotopic (exact) mass is 424 g/mol. The summed E-state index contributed by atoms with van der Waals surface area (Å²) in [4.78, 5) is 30.4. The van der Waals surface area contributed by atoms with Gasteiger partial charge in [0, 0.05) is 12.7 Å². The molecule has 2 amide bonds. The van der Waals surface area contributed by atoms with Gasteiger partial charge in [0.05, 0.1) is 11.3 Å². The van der Waals surface area contributed by atoms with Crippen LogP contribution < -0.4 is 9.80 Å². The van der Waals surface area contributed by atoms with Gasteiger partial charge < -0.3 is 4.90 Å². The molecule has 0 aliphatic carbocycles. The van der Waals surface area contributed by atoms with Crippen LogP contribution in [0.3, 0.4) is 0 Å². The molecule has 0 fully saturated rings. The van der Waals surface area contributed by atoms with Crippen molar-refractivity contribution in [1.29, 1.82) is 0 Å². The Hall–Kier alpha value is -3.66. The molecule has 4 heteroatoms. The predicted octanol–water partition coefficient (Wildman–Crippen LogP) is 5.71. The van der Waals surface area contributed by atoms with E-state index in [4.69, 9.17) is 0 Å². The quantitative estimate of drug-likeness (QED) is 0.504. The normalized spacial score (nSPS) is 14.3. The van der Waals surface area contributed by atoms with Gasteiger partial charge in [-0.1, -0.05) is 80.9 Å². The topological polar surface area (TPSA) is 40.6 Å². The van der Waals surface area contributed by atoms with Gasteiger partial charge in [0.2, 0.25) is 0 Å². The highest BCUT2D eigenvalue weighted by atomic mass is 16.2. The van der Waals surface area contributed by atoms with E-state index in [1.54, 1.807) is 4.90 Å². The third-order valence-electron chi connectivity index (χ3n) is 5.87. The third kappa shape index (κ3) is 3.84. The Morgan fingerprint density at radius 2 is 1.34 bits per heavy atom. The molecule has 0 spiro atoms. The smallest absolute Gasteiger partial charge is 0.282 e. The van der Waals surface area contributed by atoms with Gasteiger partial charge in [-0.3, -0.25) is 9.59 Å². The van der Waals surface area contributed by atoms with Crippen molar-refractivity contribution in [3.63, 3.8) is 0 Å². The number of hydrogen-bond donors (Lipinski definition) is 0. The van der Waals surface area contributed by atoms with Crippen molar-refractivity contribution in [2.75, 3.05) is 16.8 Å². The number of nitrogens with zero attached hydrogens (tertiary/aromatic N) is 2. The van der Waals surface area contributed by atoms with Crippen LogP contribution in [-0.4, -0.2) is 18.9 Å². The highest BCUT2D eigenvalue weighted by Crippen LogP contribution is 2.36. The highest BCUT2D eigenvalue weighted by molar-refractivity contribution is 6.46. The number of carbonyl (C=O) groups is 2. The molecule has 3 aromatic rings. The number of para-hydroxylation sites is 1. The van der Waals surface area contributed by atoms with Gasteiger partial charge >= 0.3 is 0 Å². The lowest BCUT2D eigenvalue weighted by molar-refractivity contribution is -0.120. The minimum absolute atomic E-state index is 0.0123. The fraction of sp³-hybridized carbons (Fsp3) is 0.214. The summed E-state index contributed by atoms with van der Waals surface area (Å²) in [5.74, 6) is -0.624. The minimum Gasteiger partial charge on any atom is -0.339 e. The average Bonchev–Trinajstić information content (AvgIpc) is 3.04. The Morgan fingerprint density at radius 3 is 1.91 bits per heavy atom. The van der Waals surface area contributed by atoms with E-state index in [9.17, 15) is 9.59 Å². The van der Waals surface area contributed by atoms with E-state index in [0.29, 0.717) is 17.0 Å². The van der Waals surface area contributed by atoms with Crippen LogP contribution in [0, 0.1) is 6.92 Å². The molecule has 3 aromatic carbocycles. The molecule has 4 nitrogen and oxygen atoms in total. The number of anilines is 2. The molecule has 32 heavy (non-hydrogen) atoms. The maximum Gasteiger partial charge on any atom is 0.282 e. The molecule has 0 aromatic heterocycles.